The topological polar surface area (TPSA) is 34.1 Å². The van der Waals surface area contributed by atoms with Crippen molar-refractivity contribution in [3.8, 4) is 0 Å². The number of Topliss-reactive ketones (excluding diaryl/α,β-unsaturated/α-hetero) is 2. The van der Waals surface area contributed by atoms with Crippen LogP contribution in [0.2, 0.25) is 0 Å². The Hall–Kier alpha value is -0.660. The van der Waals surface area contributed by atoms with Gasteiger partial charge in [-0.15, -0.1) is 0 Å². The van der Waals surface area contributed by atoms with Crippen LogP contribution in [0.1, 0.15) is 90.9 Å². The highest BCUT2D eigenvalue weighted by Gasteiger charge is 2.18. The minimum absolute atomic E-state index is 0.347. The van der Waals surface area contributed by atoms with Gasteiger partial charge in [-0.05, 0) is 24.7 Å². The van der Waals surface area contributed by atoms with Gasteiger partial charge in [0.25, 0.3) is 0 Å². The molecule has 1 aliphatic carbocycles. The van der Waals surface area contributed by atoms with Crippen LogP contribution in [0.15, 0.2) is 0 Å². The molecule has 0 heterocycles. The summed E-state index contributed by atoms with van der Waals surface area (Å²) in [5.41, 5.74) is 0. The lowest BCUT2D eigenvalue weighted by Crippen LogP contribution is -2.16. The zero-order valence-corrected chi connectivity index (χ0v) is 13.5. The molecule has 2 atom stereocenters. The van der Waals surface area contributed by atoms with Crippen LogP contribution in [0, 0.1) is 11.8 Å². The Balaban J connectivity index is 2.43. The number of carbonyl (C=O) groups excluding carboxylic acids is 2. The Morgan fingerprint density at radius 3 is 1.25 bits per heavy atom. The number of rotatable bonds is 0. The maximum Gasteiger partial charge on any atom is 0.133 e. The quantitative estimate of drug-likeness (QED) is 0.619. The van der Waals surface area contributed by atoms with Crippen molar-refractivity contribution in [3.63, 3.8) is 0 Å². The van der Waals surface area contributed by atoms with Crippen molar-refractivity contribution in [1.29, 1.82) is 0 Å². The molecule has 1 saturated carbocycles. The molecule has 0 aromatic carbocycles. The van der Waals surface area contributed by atoms with Crippen LogP contribution in [-0.2, 0) is 9.59 Å². The Labute approximate surface area is 124 Å². The fourth-order valence-electron chi connectivity index (χ4n) is 3.03. The summed E-state index contributed by atoms with van der Waals surface area (Å²) in [6.45, 7) is 4.25. The van der Waals surface area contributed by atoms with Gasteiger partial charge in [-0.2, -0.15) is 0 Å². The van der Waals surface area contributed by atoms with Gasteiger partial charge in [-0.25, -0.2) is 0 Å². The summed E-state index contributed by atoms with van der Waals surface area (Å²) in [6, 6.07) is 0. The Bertz CT molecular complexity index is 266. The monoisotopic (exact) mass is 280 g/mol. The van der Waals surface area contributed by atoms with Crippen LogP contribution < -0.4 is 0 Å². The third kappa shape index (κ3) is 7.81. The molecule has 0 aromatic heterocycles. The second-order valence-corrected chi connectivity index (χ2v) is 6.77. The summed E-state index contributed by atoms with van der Waals surface area (Å²) in [6.07, 6.45) is 12.4. The van der Waals surface area contributed by atoms with E-state index in [4.69, 9.17) is 0 Å². The Kier molecular flexibility index (Phi) is 8.80. The molecule has 0 saturated heterocycles. The Morgan fingerprint density at radius 2 is 0.900 bits per heavy atom. The molecule has 0 aliphatic heterocycles. The van der Waals surface area contributed by atoms with Gasteiger partial charge in [0.05, 0.1) is 0 Å². The third-order valence-corrected chi connectivity index (χ3v) is 4.73. The summed E-state index contributed by atoms with van der Waals surface area (Å²) < 4.78 is 0. The number of carbonyl (C=O) groups is 2. The fraction of sp³-hybridized carbons (Fsp3) is 0.889. The predicted molar refractivity (Wildman–Crippen MR) is 83.7 cm³/mol. The van der Waals surface area contributed by atoms with Gasteiger partial charge in [0, 0.05) is 25.7 Å². The minimum Gasteiger partial charge on any atom is -0.300 e. The van der Waals surface area contributed by atoms with Crippen molar-refractivity contribution >= 4 is 11.6 Å². The van der Waals surface area contributed by atoms with Crippen LogP contribution >= 0.6 is 0 Å². The van der Waals surface area contributed by atoms with Crippen molar-refractivity contribution in [1.82, 2.24) is 0 Å². The standard InChI is InChI=1S/C18H32O2/c1-15-13-17(19)11-9-7-5-3-4-6-8-10-12-18(20)14-16(15)2/h15-16H,3-14H2,1-2H3. The lowest BCUT2D eigenvalue weighted by atomic mass is 9.85. The van der Waals surface area contributed by atoms with E-state index < -0.39 is 0 Å². The third-order valence-electron chi connectivity index (χ3n) is 4.73. The van der Waals surface area contributed by atoms with E-state index in [1.165, 1.54) is 38.5 Å². The molecule has 0 amide bonds. The molecular weight excluding hydrogens is 248 g/mol. The average molecular weight is 280 g/mol. The summed E-state index contributed by atoms with van der Waals surface area (Å²) in [5, 5.41) is 0. The van der Waals surface area contributed by atoms with Crippen LogP contribution in [0.4, 0.5) is 0 Å². The van der Waals surface area contributed by atoms with Crippen molar-refractivity contribution in [3.05, 3.63) is 0 Å². The molecule has 2 unspecified atom stereocenters. The van der Waals surface area contributed by atoms with Crippen LogP contribution in [0.25, 0.3) is 0 Å². The maximum atomic E-state index is 11.9. The second-order valence-electron chi connectivity index (χ2n) is 6.77. The fourth-order valence-corrected chi connectivity index (χ4v) is 3.03. The van der Waals surface area contributed by atoms with Crippen molar-refractivity contribution in [2.45, 2.75) is 90.9 Å². The summed E-state index contributed by atoms with van der Waals surface area (Å²) in [7, 11) is 0. The number of ketones is 2. The van der Waals surface area contributed by atoms with Crippen LogP contribution in [-0.4, -0.2) is 11.6 Å². The maximum absolute atomic E-state index is 11.9. The van der Waals surface area contributed by atoms with Gasteiger partial charge in [-0.1, -0.05) is 52.4 Å². The van der Waals surface area contributed by atoms with Crippen molar-refractivity contribution in [2.75, 3.05) is 0 Å². The molecule has 20 heavy (non-hydrogen) atoms. The summed E-state index contributed by atoms with van der Waals surface area (Å²) >= 11 is 0. The second kappa shape index (κ2) is 10.1. The lowest BCUT2D eigenvalue weighted by Gasteiger charge is -2.19. The highest BCUT2D eigenvalue weighted by atomic mass is 16.1. The van der Waals surface area contributed by atoms with Crippen molar-refractivity contribution in [2.24, 2.45) is 11.8 Å². The van der Waals surface area contributed by atoms with Gasteiger partial charge in [0.2, 0.25) is 0 Å². The smallest absolute Gasteiger partial charge is 0.133 e. The van der Waals surface area contributed by atoms with Crippen LogP contribution in [0.3, 0.4) is 0 Å². The lowest BCUT2D eigenvalue weighted by molar-refractivity contribution is -0.122. The molecule has 0 bridgehead atoms. The molecule has 1 aliphatic rings. The van der Waals surface area contributed by atoms with Crippen LogP contribution in [0.5, 0.6) is 0 Å². The van der Waals surface area contributed by atoms with E-state index in [9.17, 15) is 9.59 Å². The number of hydrogen-bond donors (Lipinski definition) is 0. The van der Waals surface area contributed by atoms with Gasteiger partial charge < -0.3 is 0 Å². The van der Waals surface area contributed by atoms with E-state index in [0.29, 0.717) is 36.2 Å². The molecule has 0 aromatic rings. The van der Waals surface area contributed by atoms with E-state index in [0.717, 1.165) is 25.7 Å². The average Bonchev–Trinajstić information content (AvgIpc) is 2.39. The van der Waals surface area contributed by atoms with E-state index >= 15 is 0 Å². The largest absolute Gasteiger partial charge is 0.300 e. The van der Waals surface area contributed by atoms with Gasteiger partial charge in [0.1, 0.15) is 11.6 Å². The normalized spacial score (nSPS) is 29.3. The zero-order chi connectivity index (χ0) is 14.8. The first-order valence-corrected chi connectivity index (χ1v) is 8.63. The molecule has 1 fully saturated rings. The predicted octanol–water partition coefficient (Wildman–Crippen LogP) is 5.09. The highest BCUT2D eigenvalue weighted by Crippen LogP contribution is 2.22. The summed E-state index contributed by atoms with van der Waals surface area (Å²) in [5.74, 6) is 1.48. The van der Waals surface area contributed by atoms with Gasteiger partial charge in [-0.3, -0.25) is 9.59 Å². The van der Waals surface area contributed by atoms with Gasteiger partial charge >= 0.3 is 0 Å². The molecular formula is C18H32O2. The molecule has 2 nitrogen and oxygen atoms in total. The molecule has 0 N–H and O–H groups in total. The highest BCUT2D eigenvalue weighted by molar-refractivity contribution is 5.79. The zero-order valence-electron chi connectivity index (χ0n) is 13.5. The van der Waals surface area contributed by atoms with Gasteiger partial charge in [0.15, 0.2) is 0 Å². The Morgan fingerprint density at radius 1 is 0.600 bits per heavy atom. The minimum atomic E-state index is 0.347. The van der Waals surface area contributed by atoms with E-state index in [-0.39, 0.29) is 0 Å². The van der Waals surface area contributed by atoms with Crippen molar-refractivity contribution < 1.29 is 9.59 Å². The summed E-state index contributed by atoms with van der Waals surface area (Å²) in [4.78, 5) is 23.9. The van der Waals surface area contributed by atoms with E-state index in [1.807, 2.05) is 0 Å². The molecule has 2 heteroatoms. The molecule has 1 rings (SSSR count). The van der Waals surface area contributed by atoms with E-state index in [2.05, 4.69) is 13.8 Å². The number of hydrogen-bond acceptors (Lipinski definition) is 2. The molecule has 0 radical (unpaired) electrons. The first-order valence-electron chi connectivity index (χ1n) is 8.63. The molecule has 0 spiro atoms. The van der Waals surface area contributed by atoms with E-state index in [1.54, 1.807) is 0 Å². The first-order chi connectivity index (χ1) is 9.59. The SMILES string of the molecule is CC1CC(=O)CCCCCCCCCCC(=O)CC1C. The molecule has 116 valence electrons. The first kappa shape index (κ1) is 17.4.